The van der Waals surface area contributed by atoms with Gasteiger partial charge in [-0.3, -0.25) is 4.68 Å². The molecule has 0 saturated carbocycles. The van der Waals surface area contributed by atoms with E-state index in [1.165, 1.54) is 12.1 Å². The molecule has 1 aromatic heterocycles. The Labute approximate surface area is 91.3 Å². The summed E-state index contributed by atoms with van der Waals surface area (Å²) in [6.07, 6.45) is 5.22. The number of rotatable bonds is 1. The molecule has 0 amide bonds. The van der Waals surface area contributed by atoms with Gasteiger partial charge in [-0.1, -0.05) is 0 Å². The molecule has 2 rings (SSSR count). The molecule has 0 atom stereocenters. The summed E-state index contributed by atoms with van der Waals surface area (Å²) in [6, 6.07) is 0. The summed E-state index contributed by atoms with van der Waals surface area (Å²) < 4.78 is 1.86. The van der Waals surface area contributed by atoms with Crippen LogP contribution in [0.15, 0.2) is 12.4 Å². The van der Waals surface area contributed by atoms with Gasteiger partial charge in [0, 0.05) is 31.9 Å². The maximum atomic E-state index is 4.22. The fourth-order valence-electron chi connectivity index (χ4n) is 2.10. The van der Waals surface area contributed by atoms with Crippen molar-refractivity contribution in [3.05, 3.63) is 12.4 Å². The van der Waals surface area contributed by atoms with Crippen LogP contribution in [0.3, 0.4) is 0 Å². The van der Waals surface area contributed by atoms with E-state index in [2.05, 4.69) is 35.4 Å². The molecule has 0 spiro atoms. The smallest absolute Gasteiger partial charge is 0.0753 e. The lowest BCUT2D eigenvalue weighted by Gasteiger charge is -2.30. The molecule has 0 aromatic carbocycles. The van der Waals surface area contributed by atoms with Crippen LogP contribution in [-0.4, -0.2) is 35.0 Å². The van der Waals surface area contributed by atoms with Crippen molar-refractivity contribution >= 4 is 5.69 Å². The van der Waals surface area contributed by atoms with Crippen molar-refractivity contribution in [2.45, 2.75) is 25.8 Å². The molecule has 2 heterocycles. The van der Waals surface area contributed by atoms with E-state index in [0.717, 1.165) is 19.6 Å². The minimum absolute atomic E-state index is 0.187. The zero-order valence-corrected chi connectivity index (χ0v) is 9.82. The molecule has 1 N–H and O–H groups in total. The van der Waals surface area contributed by atoms with Gasteiger partial charge in [0.15, 0.2) is 0 Å². The molecule has 1 saturated heterocycles. The summed E-state index contributed by atoms with van der Waals surface area (Å²) in [5, 5.41) is 7.78. The average molecular weight is 208 g/mol. The van der Waals surface area contributed by atoms with Crippen molar-refractivity contribution in [3.63, 3.8) is 0 Å². The summed E-state index contributed by atoms with van der Waals surface area (Å²) in [5.41, 5.74) is 1.42. The molecule has 15 heavy (non-hydrogen) atoms. The van der Waals surface area contributed by atoms with Crippen LogP contribution < -0.4 is 10.2 Å². The second-order valence-corrected chi connectivity index (χ2v) is 4.96. The molecule has 0 bridgehead atoms. The third kappa shape index (κ3) is 2.50. The second-order valence-electron chi connectivity index (χ2n) is 4.96. The average Bonchev–Trinajstić information content (AvgIpc) is 2.49. The Balaban J connectivity index is 2.14. The third-order valence-corrected chi connectivity index (χ3v) is 2.85. The van der Waals surface area contributed by atoms with Gasteiger partial charge < -0.3 is 10.2 Å². The molecule has 0 radical (unpaired) electrons. The van der Waals surface area contributed by atoms with E-state index in [4.69, 9.17) is 0 Å². The van der Waals surface area contributed by atoms with Crippen molar-refractivity contribution in [1.82, 2.24) is 15.1 Å². The number of aryl methyl sites for hydroxylation is 1. The van der Waals surface area contributed by atoms with E-state index in [0.29, 0.717) is 0 Å². The molecule has 1 aliphatic heterocycles. The van der Waals surface area contributed by atoms with Crippen LogP contribution in [0.1, 0.15) is 20.3 Å². The van der Waals surface area contributed by atoms with Crippen molar-refractivity contribution in [2.24, 2.45) is 7.05 Å². The first-order chi connectivity index (χ1) is 7.07. The van der Waals surface area contributed by atoms with Gasteiger partial charge in [-0.2, -0.15) is 5.10 Å². The first-order valence-corrected chi connectivity index (χ1v) is 5.55. The Morgan fingerprint density at radius 2 is 2.27 bits per heavy atom. The minimum atomic E-state index is 0.187. The molecule has 0 unspecified atom stereocenters. The highest BCUT2D eigenvalue weighted by Gasteiger charge is 2.24. The summed E-state index contributed by atoms with van der Waals surface area (Å²) in [4.78, 5) is 2.41. The second kappa shape index (κ2) is 3.85. The SMILES string of the molecule is Cn1cc(N2CCCNC(C)(C)C2)cn1. The quantitative estimate of drug-likeness (QED) is 0.747. The summed E-state index contributed by atoms with van der Waals surface area (Å²) >= 11 is 0. The monoisotopic (exact) mass is 208 g/mol. The van der Waals surface area contributed by atoms with Crippen LogP contribution in [0.5, 0.6) is 0 Å². The number of hydrogen-bond acceptors (Lipinski definition) is 3. The predicted molar refractivity (Wildman–Crippen MR) is 62.1 cm³/mol. The number of aromatic nitrogens is 2. The summed E-state index contributed by atoms with van der Waals surface area (Å²) in [7, 11) is 1.96. The van der Waals surface area contributed by atoms with E-state index in [9.17, 15) is 0 Å². The molecule has 0 aliphatic carbocycles. The Morgan fingerprint density at radius 1 is 1.47 bits per heavy atom. The Morgan fingerprint density at radius 3 is 2.93 bits per heavy atom. The van der Waals surface area contributed by atoms with Crippen LogP contribution in [0.25, 0.3) is 0 Å². The molecular formula is C11H20N4. The van der Waals surface area contributed by atoms with Gasteiger partial charge in [0.2, 0.25) is 0 Å². The number of nitrogens with one attached hydrogen (secondary N) is 1. The number of hydrogen-bond donors (Lipinski definition) is 1. The van der Waals surface area contributed by atoms with Gasteiger partial charge in [-0.15, -0.1) is 0 Å². The Kier molecular flexibility index (Phi) is 2.69. The van der Waals surface area contributed by atoms with Gasteiger partial charge in [0.25, 0.3) is 0 Å². The zero-order valence-electron chi connectivity index (χ0n) is 9.82. The summed E-state index contributed by atoms with van der Waals surface area (Å²) in [6.45, 7) is 7.76. The van der Waals surface area contributed by atoms with Crippen LogP contribution in [0.4, 0.5) is 5.69 Å². The van der Waals surface area contributed by atoms with Gasteiger partial charge in [0.1, 0.15) is 0 Å². The van der Waals surface area contributed by atoms with E-state index < -0.39 is 0 Å². The highest BCUT2D eigenvalue weighted by molar-refractivity contribution is 5.43. The first kappa shape index (κ1) is 10.5. The normalized spacial score (nSPS) is 21.4. The minimum Gasteiger partial charge on any atom is -0.367 e. The Bertz CT molecular complexity index is 329. The van der Waals surface area contributed by atoms with Crippen LogP contribution in [0.2, 0.25) is 0 Å². The molecule has 1 aliphatic rings. The lowest BCUT2D eigenvalue weighted by Crippen LogP contribution is -2.46. The van der Waals surface area contributed by atoms with Crippen molar-refractivity contribution in [3.8, 4) is 0 Å². The van der Waals surface area contributed by atoms with Crippen LogP contribution in [0, 0.1) is 0 Å². The van der Waals surface area contributed by atoms with Crippen molar-refractivity contribution in [2.75, 3.05) is 24.5 Å². The molecule has 4 nitrogen and oxygen atoms in total. The first-order valence-electron chi connectivity index (χ1n) is 5.55. The van der Waals surface area contributed by atoms with Crippen LogP contribution >= 0.6 is 0 Å². The van der Waals surface area contributed by atoms with E-state index in [-0.39, 0.29) is 5.54 Å². The molecule has 4 heteroatoms. The van der Waals surface area contributed by atoms with Gasteiger partial charge >= 0.3 is 0 Å². The lowest BCUT2D eigenvalue weighted by atomic mass is 10.1. The standard InChI is InChI=1S/C11H20N4/c1-11(2)9-15(6-4-5-12-11)10-7-13-14(3)8-10/h7-8,12H,4-6,9H2,1-3H3. The molecular weight excluding hydrogens is 188 g/mol. The topological polar surface area (TPSA) is 33.1 Å². The van der Waals surface area contributed by atoms with E-state index in [1.807, 2.05) is 17.9 Å². The number of anilines is 1. The predicted octanol–water partition coefficient (Wildman–Crippen LogP) is 0.998. The highest BCUT2D eigenvalue weighted by atomic mass is 15.3. The fourth-order valence-corrected chi connectivity index (χ4v) is 2.10. The van der Waals surface area contributed by atoms with Gasteiger partial charge in [-0.05, 0) is 26.8 Å². The summed E-state index contributed by atoms with van der Waals surface area (Å²) in [5.74, 6) is 0. The van der Waals surface area contributed by atoms with Crippen molar-refractivity contribution < 1.29 is 0 Å². The van der Waals surface area contributed by atoms with E-state index in [1.54, 1.807) is 0 Å². The van der Waals surface area contributed by atoms with E-state index >= 15 is 0 Å². The maximum Gasteiger partial charge on any atom is 0.0753 e. The van der Waals surface area contributed by atoms with Crippen LogP contribution in [-0.2, 0) is 7.05 Å². The lowest BCUT2D eigenvalue weighted by molar-refractivity contribution is 0.416. The van der Waals surface area contributed by atoms with Gasteiger partial charge in [0.05, 0.1) is 11.9 Å². The maximum absolute atomic E-state index is 4.22. The van der Waals surface area contributed by atoms with Gasteiger partial charge in [-0.25, -0.2) is 0 Å². The Hall–Kier alpha value is -1.03. The zero-order chi connectivity index (χ0) is 10.9. The molecule has 84 valence electrons. The highest BCUT2D eigenvalue weighted by Crippen LogP contribution is 2.18. The molecule has 1 fully saturated rings. The van der Waals surface area contributed by atoms with Crippen molar-refractivity contribution in [1.29, 1.82) is 0 Å². The fraction of sp³-hybridized carbons (Fsp3) is 0.727. The number of nitrogens with zero attached hydrogens (tertiary/aromatic N) is 3. The third-order valence-electron chi connectivity index (χ3n) is 2.85. The molecule has 1 aromatic rings. The largest absolute Gasteiger partial charge is 0.367 e.